The lowest BCUT2D eigenvalue weighted by atomic mass is 10.1. The van der Waals surface area contributed by atoms with Crippen LogP contribution in [0.2, 0.25) is 0 Å². The summed E-state index contributed by atoms with van der Waals surface area (Å²) in [7, 11) is 0. The second-order valence-electron chi connectivity index (χ2n) is 6.31. The van der Waals surface area contributed by atoms with Crippen LogP contribution in [0.25, 0.3) is 0 Å². The van der Waals surface area contributed by atoms with Gasteiger partial charge in [-0.3, -0.25) is 0 Å². The van der Waals surface area contributed by atoms with Crippen molar-refractivity contribution in [2.24, 2.45) is 0 Å². The van der Waals surface area contributed by atoms with Crippen LogP contribution in [-0.2, 0) is 12.8 Å². The van der Waals surface area contributed by atoms with Crippen LogP contribution < -0.4 is 0 Å². The molecule has 2 heteroatoms. The quantitative estimate of drug-likeness (QED) is 0.628. The first-order valence-electron chi connectivity index (χ1n) is 8.69. The van der Waals surface area contributed by atoms with Crippen molar-refractivity contribution in [1.29, 1.82) is 0 Å². The van der Waals surface area contributed by atoms with Gasteiger partial charge in [0, 0.05) is 6.54 Å². The fraction of sp³-hybridized carbons (Fsp3) is 0.429. The Balaban J connectivity index is 1.76. The topological polar surface area (TPSA) is 3.24 Å². The summed E-state index contributed by atoms with van der Waals surface area (Å²) >= 11 is 0. The molecule has 0 saturated heterocycles. The van der Waals surface area contributed by atoms with Crippen LogP contribution in [0.1, 0.15) is 36.5 Å². The highest BCUT2D eigenvalue weighted by Gasteiger charge is 2.05. The largest absolute Gasteiger partial charge is 0.303 e. The summed E-state index contributed by atoms with van der Waals surface area (Å²) in [6, 6.07) is 15.7. The molecule has 0 N–H and O–H groups in total. The third kappa shape index (κ3) is 6.54. The Kier molecular flexibility index (Phi) is 7.28. The van der Waals surface area contributed by atoms with Gasteiger partial charge in [0.15, 0.2) is 0 Å². The van der Waals surface area contributed by atoms with Gasteiger partial charge in [-0.05, 0) is 69.0 Å². The van der Waals surface area contributed by atoms with E-state index in [1.165, 1.54) is 23.1 Å². The number of hydrogen-bond donors (Lipinski definition) is 0. The molecule has 2 aromatic rings. The van der Waals surface area contributed by atoms with E-state index in [1.54, 1.807) is 12.1 Å². The van der Waals surface area contributed by atoms with Gasteiger partial charge in [-0.15, -0.1) is 0 Å². The second kappa shape index (κ2) is 9.46. The minimum Gasteiger partial charge on any atom is -0.303 e. The van der Waals surface area contributed by atoms with Gasteiger partial charge in [0.05, 0.1) is 0 Å². The second-order valence-corrected chi connectivity index (χ2v) is 6.31. The van der Waals surface area contributed by atoms with Crippen LogP contribution >= 0.6 is 0 Å². The molecule has 0 fully saturated rings. The average molecular weight is 313 g/mol. The third-order valence-corrected chi connectivity index (χ3v) is 4.23. The van der Waals surface area contributed by atoms with Crippen LogP contribution in [0.3, 0.4) is 0 Å². The normalized spacial score (nSPS) is 11.1. The molecule has 0 atom stereocenters. The maximum atomic E-state index is 12.9. The summed E-state index contributed by atoms with van der Waals surface area (Å²) in [4.78, 5) is 2.55. The Morgan fingerprint density at radius 1 is 0.783 bits per heavy atom. The predicted octanol–water partition coefficient (Wildman–Crippen LogP) is 5.02. The fourth-order valence-electron chi connectivity index (χ4n) is 2.85. The molecule has 0 saturated carbocycles. The maximum absolute atomic E-state index is 12.9. The predicted molar refractivity (Wildman–Crippen MR) is 96.3 cm³/mol. The first-order chi connectivity index (χ1) is 11.2. The van der Waals surface area contributed by atoms with E-state index < -0.39 is 0 Å². The molecule has 124 valence electrons. The zero-order chi connectivity index (χ0) is 16.5. The first-order valence-corrected chi connectivity index (χ1v) is 8.69. The van der Waals surface area contributed by atoms with Gasteiger partial charge in [-0.1, -0.05) is 48.9 Å². The summed E-state index contributed by atoms with van der Waals surface area (Å²) in [5.41, 5.74) is 3.95. The van der Waals surface area contributed by atoms with Crippen LogP contribution in [0.4, 0.5) is 4.39 Å². The Hall–Kier alpha value is -1.67. The van der Waals surface area contributed by atoms with Crippen molar-refractivity contribution in [1.82, 2.24) is 4.90 Å². The molecule has 0 aliphatic carbocycles. The number of benzene rings is 2. The molecule has 0 aliphatic heterocycles. The highest BCUT2D eigenvalue weighted by molar-refractivity contribution is 5.21. The molecular weight excluding hydrogens is 285 g/mol. The average Bonchev–Trinajstić information content (AvgIpc) is 2.56. The van der Waals surface area contributed by atoms with Crippen LogP contribution in [0.5, 0.6) is 0 Å². The summed E-state index contributed by atoms with van der Waals surface area (Å²) < 4.78 is 12.9. The highest BCUT2D eigenvalue weighted by Crippen LogP contribution is 2.08. The van der Waals surface area contributed by atoms with E-state index in [9.17, 15) is 4.39 Å². The van der Waals surface area contributed by atoms with E-state index in [4.69, 9.17) is 0 Å². The molecule has 2 rings (SSSR count). The van der Waals surface area contributed by atoms with Crippen molar-refractivity contribution < 1.29 is 4.39 Å². The van der Waals surface area contributed by atoms with Gasteiger partial charge in [0.1, 0.15) is 5.82 Å². The zero-order valence-corrected chi connectivity index (χ0v) is 14.4. The van der Waals surface area contributed by atoms with Crippen LogP contribution in [0, 0.1) is 12.7 Å². The molecule has 0 bridgehead atoms. The van der Waals surface area contributed by atoms with Gasteiger partial charge < -0.3 is 4.90 Å². The molecule has 0 heterocycles. The summed E-state index contributed by atoms with van der Waals surface area (Å²) in [5, 5.41) is 0. The van der Waals surface area contributed by atoms with Crippen molar-refractivity contribution >= 4 is 0 Å². The van der Waals surface area contributed by atoms with E-state index in [2.05, 4.69) is 43.0 Å². The van der Waals surface area contributed by atoms with E-state index in [1.807, 2.05) is 12.1 Å². The minimum absolute atomic E-state index is 0.153. The van der Waals surface area contributed by atoms with Gasteiger partial charge >= 0.3 is 0 Å². The standard InChI is InChI=1S/C21H28FN/c1-3-15-23(17-14-20-8-6-18(2)7-9-20)16-4-5-19-10-12-21(22)13-11-19/h6-13H,3-5,14-17H2,1-2H3. The number of rotatable bonds is 9. The zero-order valence-electron chi connectivity index (χ0n) is 14.4. The number of aryl methyl sites for hydroxylation is 2. The fourth-order valence-corrected chi connectivity index (χ4v) is 2.85. The molecule has 1 nitrogen and oxygen atoms in total. The number of hydrogen-bond acceptors (Lipinski definition) is 1. The lowest BCUT2D eigenvalue weighted by Gasteiger charge is -2.21. The summed E-state index contributed by atoms with van der Waals surface area (Å²) in [6.45, 7) is 7.73. The lowest BCUT2D eigenvalue weighted by Crippen LogP contribution is -2.28. The minimum atomic E-state index is -0.153. The first kappa shape index (κ1) is 17.7. The summed E-state index contributed by atoms with van der Waals surface area (Å²) in [5.74, 6) is -0.153. The van der Waals surface area contributed by atoms with Crippen molar-refractivity contribution in [3.63, 3.8) is 0 Å². The van der Waals surface area contributed by atoms with Gasteiger partial charge in [-0.25, -0.2) is 4.39 Å². The highest BCUT2D eigenvalue weighted by atomic mass is 19.1. The molecular formula is C21H28FN. The van der Waals surface area contributed by atoms with Gasteiger partial charge in [0.25, 0.3) is 0 Å². The summed E-state index contributed by atoms with van der Waals surface area (Å²) in [6.07, 6.45) is 4.44. The van der Waals surface area contributed by atoms with Gasteiger partial charge in [0.2, 0.25) is 0 Å². The molecule has 0 unspecified atom stereocenters. The SMILES string of the molecule is CCCN(CCCc1ccc(F)cc1)CCc1ccc(C)cc1. The molecule has 0 amide bonds. The maximum Gasteiger partial charge on any atom is 0.123 e. The van der Waals surface area contributed by atoms with Gasteiger partial charge in [-0.2, -0.15) is 0 Å². The Labute approximate surface area is 140 Å². The van der Waals surface area contributed by atoms with Crippen LogP contribution in [-0.4, -0.2) is 24.5 Å². The van der Waals surface area contributed by atoms with Crippen molar-refractivity contribution in [3.05, 3.63) is 71.0 Å². The Bertz CT molecular complexity index is 559. The van der Waals surface area contributed by atoms with Crippen molar-refractivity contribution in [2.75, 3.05) is 19.6 Å². The molecule has 0 aliphatic rings. The Morgan fingerprint density at radius 3 is 2.04 bits per heavy atom. The Morgan fingerprint density at radius 2 is 1.39 bits per heavy atom. The van der Waals surface area contributed by atoms with Crippen LogP contribution in [0.15, 0.2) is 48.5 Å². The van der Waals surface area contributed by atoms with E-state index in [0.29, 0.717) is 0 Å². The van der Waals surface area contributed by atoms with E-state index >= 15 is 0 Å². The lowest BCUT2D eigenvalue weighted by molar-refractivity contribution is 0.274. The number of halogens is 1. The monoisotopic (exact) mass is 313 g/mol. The van der Waals surface area contributed by atoms with Crippen molar-refractivity contribution in [3.8, 4) is 0 Å². The third-order valence-electron chi connectivity index (χ3n) is 4.23. The van der Waals surface area contributed by atoms with Crippen molar-refractivity contribution in [2.45, 2.75) is 39.5 Å². The molecule has 2 aromatic carbocycles. The van der Waals surface area contributed by atoms with E-state index in [0.717, 1.165) is 38.9 Å². The molecule has 0 radical (unpaired) electrons. The molecule has 23 heavy (non-hydrogen) atoms. The molecule has 0 spiro atoms. The smallest absolute Gasteiger partial charge is 0.123 e. The molecule has 0 aromatic heterocycles. The number of nitrogens with zero attached hydrogens (tertiary/aromatic N) is 1. The van der Waals surface area contributed by atoms with E-state index in [-0.39, 0.29) is 5.82 Å².